The van der Waals surface area contributed by atoms with Gasteiger partial charge in [-0.1, -0.05) is 50.1 Å². The number of hydrogen-bond acceptors (Lipinski definition) is 2. The molecule has 2 aromatic carbocycles. The first kappa shape index (κ1) is 18.0. The second-order valence-electron chi connectivity index (χ2n) is 6.10. The average Bonchev–Trinajstić information content (AvgIpc) is 2.62. The first-order valence-corrected chi connectivity index (χ1v) is 8.84. The van der Waals surface area contributed by atoms with Gasteiger partial charge in [-0.2, -0.15) is 0 Å². The lowest BCUT2D eigenvalue weighted by atomic mass is 10.1. The van der Waals surface area contributed by atoms with Crippen molar-refractivity contribution in [2.45, 2.75) is 46.5 Å². The number of aliphatic imine (C=N–C) groups is 1. The first-order valence-electron chi connectivity index (χ1n) is 8.84. The van der Waals surface area contributed by atoms with Crippen LogP contribution in [0.5, 0.6) is 0 Å². The summed E-state index contributed by atoms with van der Waals surface area (Å²) in [7, 11) is 0. The van der Waals surface area contributed by atoms with Crippen LogP contribution >= 0.6 is 0 Å². The van der Waals surface area contributed by atoms with E-state index in [1.165, 1.54) is 31.2 Å². The third kappa shape index (κ3) is 6.04. The Hall–Kier alpha value is -2.35. The molecule has 0 amide bonds. The van der Waals surface area contributed by atoms with E-state index in [4.69, 9.17) is 0 Å². The van der Waals surface area contributed by atoms with Crippen LogP contribution < -0.4 is 5.32 Å². The average molecular weight is 320 g/mol. The number of nitrogens with one attached hydrogen (secondary N) is 1. The molecule has 0 heterocycles. The Morgan fingerprint density at radius 3 is 2.33 bits per heavy atom. The highest BCUT2D eigenvalue weighted by atomic mass is 14.9. The minimum absolute atomic E-state index is 0.964. The molecule has 0 aliphatic carbocycles. The van der Waals surface area contributed by atoms with Crippen LogP contribution in [0.15, 0.2) is 65.3 Å². The summed E-state index contributed by atoms with van der Waals surface area (Å²) in [4.78, 5) is 4.55. The van der Waals surface area contributed by atoms with Gasteiger partial charge in [0.25, 0.3) is 0 Å². The zero-order chi connectivity index (χ0) is 17.2. The van der Waals surface area contributed by atoms with Gasteiger partial charge in [0.05, 0.1) is 5.69 Å². The van der Waals surface area contributed by atoms with Crippen molar-refractivity contribution in [2.24, 2.45) is 4.99 Å². The molecule has 0 aliphatic heterocycles. The number of benzene rings is 2. The Labute approximate surface area is 146 Å². The number of aryl methyl sites for hydroxylation is 1. The molecule has 0 bridgehead atoms. The zero-order valence-corrected chi connectivity index (χ0v) is 15.0. The predicted molar refractivity (Wildman–Crippen MR) is 106 cm³/mol. The van der Waals surface area contributed by atoms with Crippen molar-refractivity contribution in [1.82, 2.24) is 0 Å². The Balaban J connectivity index is 1.92. The third-order valence-corrected chi connectivity index (χ3v) is 4.05. The molecule has 126 valence electrons. The van der Waals surface area contributed by atoms with Crippen molar-refractivity contribution in [1.29, 1.82) is 0 Å². The Bertz CT molecular complexity index is 664. The van der Waals surface area contributed by atoms with Gasteiger partial charge in [-0.3, -0.25) is 4.99 Å². The highest BCUT2D eigenvalue weighted by molar-refractivity contribution is 5.82. The lowest BCUT2D eigenvalue weighted by Crippen LogP contribution is -1.93. The molecule has 1 N–H and O–H groups in total. The van der Waals surface area contributed by atoms with Gasteiger partial charge in [-0.05, 0) is 62.1 Å². The Morgan fingerprint density at radius 1 is 1.00 bits per heavy atom. The second kappa shape index (κ2) is 9.71. The molecule has 0 saturated carbocycles. The molecule has 2 heteroatoms. The molecule has 0 saturated heterocycles. The number of unbranched alkanes of at least 4 members (excludes halogenated alkanes) is 2. The lowest BCUT2D eigenvalue weighted by molar-refractivity contribution is 0.717. The summed E-state index contributed by atoms with van der Waals surface area (Å²) in [6, 6.07) is 16.9. The molecule has 0 fully saturated rings. The fourth-order valence-electron chi connectivity index (χ4n) is 2.43. The fraction of sp³-hybridized carbons (Fsp3) is 0.318. The lowest BCUT2D eigenvalue weighted by Gasteiger charge is -2.05. The highest BCUT2D eigenvalue weighted by Crippen LogP contribution is 2.17. The Morgan fingerprint density at radius 2 is 1.71 bits per heavy atom. The van der Waals surface area contributed by atoms with Crippen LogP contribution in [-0.2, 0) is 6.42 Å². The van der Waals surface area contributed by atoms with E-state index in [1.54, 1.807) is 0 Å². The molecule has 0 radical (unpaired) electrons. The van der Waals surface area contributed by atoms with Crippen molar-refractivity contribution >= 4 is 17.6 Å². The maximum absolute atomic E-state index is 4.55. The van der Waals surface area contributed by atoms with Crippen molar-refractivity contribution in [3.63, 3.8) is 0 Å². The van der Waals surface area contributed by atoms with Gasteiger partial charge in [0.1, 0.15) is 0 Å². The molecule has 0 spiro atoms. The largest absolute Gasteiger partial charge is 0.359 e. The predicted octanol–water partition coefficient (Wildman–Crippen LogP) is 6.51. The summed E-state index contributed by atoms with van der Waals surface area (Å²) in [6.07, 6.45) is 9.00. The van der Waals surface area contributed by atoms with E-state index in [0.29, 0.717) is 0 Å². The number of rotatable bonds is 8. The molecule has 2 rings (SSSR count). The van der Waals surface area contributed by atoms with Gasteiger partial charge in [-0.15, -0.1) is 0 Å². The highest BCUT2D eigenvalue weighted by Gasteiger charge is 1.95. The van der Waals surface area contributed by atoms with Crippen LogP contribution in [-0.4, -0.2) is 6.21 Å². The number of nitrogens with zero attached hydrogens (tertiary/aromatic N) is 1. The number of allylic oxidation sites excluding steroid dienone is 2. The van der Waals surface area contributed by atoms with E-state index in [-0.39, 0.29) is 0 Å². The maximum atomic E-state index is 4.55. The van der Waals surface area contributed by atoms with Crippen LogP contribution in [0.1, 0.15) is 51.2 Å². The molecular formula is C22H28N2. The van der Waals surface area contributed by atoms with Crippen molar-refractivity contribution < 1.29 is 0 Å². The van der Waals surface area contributed by atoms with Crippen molar-refractivity contribution in [2.75, 3.05) is 5.32 Å². The minimum Gasteiger partial charge on any atom is -0.359 e. The summed E-state index contributed by atoms with van der Waals surface area (Å²) >= 11 is 0. The van der Waals surface area contributed by atoms with Crippen LogP contribution in [0.3, 0.4) is 0 Å². The topological polar surface area (TPSA) is 24.4 Å². The van der Waals surface area contributed by atoms with Crippen LogP contribution in [0.4, 0.5) is 11.4 Å². The summed E-state index contributed by atoms with van der Waals surface area (Å²) in [5.41, 5.74) is 5.74. The SMILES string of the molecule is C/C=C(/C)Nc1ccc(/N=C/c2ccc(CCCCC)cc2)cc1. The smallest absolute Gasteiger partial charge is 0.0631 e. The van der Waals surface area contributed by atoms with Crippen LogP contribution in [0, 0.1) is 0 Å². The summed E-state index contributed by atoms with van der Waals surface area (Å²) in [6.45, 7) is 6.32. The summed E-state index contributed by atoms with van der Waals surface area (Å²) in [5.74, 6) is 0. The third-order valence-electron chi connectivity index (χ3n) is 4.05. The van der Waals surface area contributed by atoms with Gasteiger partial charge in [-0.25, -0.2) is 0 Å². The van der Waals surface area contributed by atoms with E-state index in [0.717, 1.165) is 22.6 Å². The van der Waals surface area contributed by atoms with E-state index < -0.39 is 0 Å². The van der Waals surface area contributed by atoms with Crippen LogP contribution in [0.2, 0.25) is 0 Å². The summed E-state index contributed by atoms with van der Waals surface area (Å²) < 4.78 is 0. The van der Waals surface area contributed by atoms with E-state index in [9.17, 15) is 0 Å². The number of hydrogen-bond donors (Lipinski definition) is 1. The van der Waals surface area contributed by atoms with Crippen molar-refractivity contribution in [3.05, 3.63) is 71.4 Å². The molecule has 0 aliphatic rings. The molecule has 0 atom stereocenters. The molecule has 2 nitrogen and oxygen atoms in total. The van der Waals surface area contributed by atoms with E-state index in [2.05, 4.69) is 66.6 Å². The van der Waals surface area contributed by atoms with Gasteiger partial charge in [0.2, 0.25) is 0 Å². The van der Waals surface area contributed by atoms with Gasteiger partial charge in [0, 0.05) is 17.6 Å². The van der Waals surface area contributed by atoms with Gasteiger partial charge >= 0.3 is 0 Å². The van der Waals surface area contributed by atoms with Crippen LogP contribution in [0.25, 0.3) is 0 Å². The number of anilines is 1. The standard InChI is InChI=1S/C22H28N2/c1-4-6-7-8-19-9-11-20(12-10-19)17-23-21-13-15-22(16-14-21)24-18(3)5-2/h5,9-17,24H,4,6-8H2,1-3H3/b18-5-,23-17+. The van der Waals surface area contributed by atoms with Gasteiger partial charge < -0.3 is 5.32 Å². The first-order chi connectivity index (χ1) is 11.7. The molecular weight excluding hydrogens is 292 g/mol. The quantitative estimate of drug-likeness (QED) is 0.435. The molecule has 0 aromatic heterocycles. The molecule has 2 aromatic rings. The normalized spacial score (nSPS) is 11.9. The minimum atomic E-state index is 0.964. The molecule has 0 unspecified atom stereocenters. The summed E-state index contributed by atoms with van der Waals surface area (Å²) in [5, 5.41) is 3.33. The van der Waals surface area contributed by atoms with E-state index in [1.807, 2.05) is 25.3 Å². The van der Waals surface area contributed by atoms with E-state index >= 15 is 0 Å². The second-order valence-corrected chi connectivity index (χ2v) is 6.10. The van der Waals surface area contributed by atoms with Crippen molar-refractivity contribution in [3.8, 4) is 0 Å². The maximum Gasteiger partial charge on any atom is 0.0631 e. The zero-order valence-electron chi connectivity index (χ0n) is 15.0. The monoisotopic (exact) mass is 320 g/mol. The fourth-order valence-corrected chi connectivity index (χ4v) is 2.43. The van der Waals surface area contributed by atoms with Gasteiger partial charge in [0.15, 0.2) is 0 Å². The Kier molecular flexibility index (Phi) is 7.28. The molecule has 24 heavy (non-hydrogen) atoms.